The van der Waals surface area contributed by atoms with E-state index in [9.17, 15) is 0 Å². The monoisotopic (exact) mass is 262 g/mol. The lowest BCUT2D eigenvalue weighted by Crippen LogP contribution is -2.36. The summed E-state index contributed by atoms with van der Waals surface area (Å²) >= 11 is 0. The molecule has 1 aliphatic rings. The van der Waals surface area contributed by atoms with E-state index >= 15 is 0 Å². The van der Waals surface area contributed by atoms with Crippen LogP contribution in [0.25, 0.3) is 0 Å². The molecule has 1 fully saturated rings. The van der Waals surface area contributed by atoms with Crippen LogP contribution in [0.5, 0.6) is 5.75 Å². The zero-order chi connectivity index (χ0) is 13.8. The molecule has 19 heavy (non-hydrogen) atoms. The van der Waals surface area contributed by atoms with Crippen LogP contribution in [0.3, 0.4) is 0 Å². The molecule has 1 aromatic carbocycles. The van der Waals surface area contributed by atoms with Gasteiger partial charge >= 0.3 is 0 Å². The Morgan fingerprint density at radius 1 is 1.37 bits per heavy atom. The third-order valence-corrected chi connectivity index (χ3v) is 4.35. The van der Waals surface area contributed by atoms with Gasteiger partial charge in [-0.05, 0) is 30.4 Å². The summed E-state index contributed by atoms with van der Waals surface area (Å²) in [5.41, 5.74) is 8.29. The molecule has 0 aliphatic heterocycles. The first-order chi connectivity index (χ1) is 9.15. The second-order valence-electron chi connectivity index (χ2n) is 5.74. The van der Waals surface area contributed by atoms with E-state index in [-0.39, 0.29) is 0 Å². The van der Waals surface area contributed by atoms with Crippen molar-refractivity contribution in [3.05, 3.63) is 23.8 Å². The number of anilines is 1. The zero-order valence-electron chi connectivity index (χ0n) is 12.4. The number of rotatable bonds is 4. The molecule has 0 saturated heterocycles. The van der Waals surface area contributed by atoms with E-state index in [0.29, 0.717) is 12.6 Å². The number of hydrogen-bond donors (Lipinski definition) is 1. The van der Waals surface area contributed by atoms with Gasteiger partial charge in [-0.3, -0.25) is 0 Å². The van der Waals surface area contributed by atoms with Gasteiger partial charge in [-0.25, -0.2) is 0 Å². The summed E-state index contributed by atoms with van der Waals surface area (Å²) in [5, 5.41) is 0. The topological polar surface area (TPSA) is 38.5 Å². The fourth-order valence-corrected chi connectivity index (χ4v) is 3.12. The second kappa shape index (κ2) is 6.29. The van der Waals surface area contributed by atoms with Gasteiger partial charge in [0.2, 0.25) is 0 Å². The van der Waals surface area contributed by atoms with Gasteiger partial charge in [0.25, 0.3) is 0 Å². The summed E-state index contributed by atoms with van der Waals surface area (Å²) < 4.78 is 5.35. The minimum absolute atomic E-state index is 0.575. The van der Waals surface area contributed by atoms with Crippen LogP contribution in [-0.2, 0) is 6.54 Å². The summed E-state index contributed by atoms with van der Waals surface area (Å²) in [7, 11) is 3.90. The number of methoxy groups -OCH3 is 1. The van der Waals surface area contributed by atoms with Crippen LogP contribution in [0.1, 0.15) is 38.2 Å². The summed E-state index contributed by atoms with van der Waals surface area (Å²) in [4.78, 5) is 2.40. The quantitative estimate of drug-likeness (QED) is 0.905. The van der Waals surface area contributed by atoms with Crippen molar-refractivity contribution in [2.75, 3.05) is 19.1 Å². The molecule has 2 N–H and O–H groups in total. The standard InChI is InChI=1S/C16H26N2O/c1-12-5-4-6-14(9-12)18(2)16-10-15(19-3)8-7-13(16)11-17/h7-8,10,12,14H,4-6,9,11,17H2,1-3H3. The molecule has 106 valence electrons. The first-order valence-electron chi connectivity index (χ1n) is 7.25. The molecule has 3 heteroatoms. The minimum Gasteiger partial charge on any atom is -0.497 e. The van der Waals surface area contributed by atoms with Crippen LogP contribution in [0.4, 0.5) is 5.69 Å². The Kier molecular flexibility index (Phi) is 4.70. The number of ether oxygens (including phenoxy) is 1. The van der Waals surface area contributed by atoms with E-state index in [1.54, 1.807) is 7.11 Å². The fraction of sp³-hybridized carbons (Fsp3) is 0.625. The van der Waals surface area contributed by atoms with Crippen LogP contribution in [0.2, 0.25) is 0 Å². The number of nitrogens with zero attached hydrogens (tertiary/aromatic N) is 1. The SMILES string of the molecule is COc1ccc(CN)c(N(C)C2CCCC(C)C2)c1. The molecule has 2 rings (SSSR count). The summed E-state index contributed by atoms with van der Waals surface area (Å²) in [6, 6.07) is 6.81. The number of benzene rings is 1. The lowest BCUT2D eigenvalue weighted by molar-refractivity contribution is 0.336. The molecule has 2 unspecified atom stereocenters. The Bertz CT molecular complexity index is 419. The van der Waals surface area contributed by atoms with E-state index in [2.05, 4.69) is 31.0 Å². The maximum atomic E-state index is 5.87. The van der Waals surface area contributed by atoms with Crippen LogP contribution < -0.4 is 15.4 Å². The fourth-order valence-electron chi connectivity index (χ4n) is 3.12. The summed E-state index contributed by atoms with van der Waals surface area (Å²) in [6.07, 6.45) is 5.25. The van der Waals surface area contributed by atoms with E-state index in [1.807, 2.05) is 6.07 Å². The van der Waals surface area contributed by atoms with Gasteiger partial charge in [0.1, 0.15) is 5.75 Å². The average molecular weight is 262 g/mol. The maximum absolute atomic E-state index is 5.87. The zero-order valence-corrected chi connectivity index (χ0v) is 12.4. The summed E-state index contributed by atoms with van der Waals surface area (Å²) in [6.45, 7) is 2.93. The van der Waals surface area contributed by atoms with Crippen LogP contribution >= 0.6 is 0 Å². The highest BCUT2D eigenvalue weighted by Crippen LogP contribution is 2.32. The third-order valence-electron chi connectivity index (χ3n) is 4.35. The predicted molar refractivity (Wildman–Crippen MR) is 80.7 cm³/mol. The molecule has 1 aliphatic carbocycles. The van der Waals surface area contributed by atoms with Crippen LogP contribution in [0.15, 0.2) is 18.2 Å². The maximum Gasteiger partial charge on any atom is 0.120 e. The molecule has 2 atom stereocenters. The van der Waals surface area contributed by atoms with Crippen molar-refractivity contribution in [1.82, 2.24) is 0 Å². The first kappa shape index (κ1) is 14.2. The minimum atomic E-state index is 0.575. The molecular formula is C16H26N2O. The van der Waals surface area contributed by atoms with Crippen molar-refractivity contribution in [3.63, 3.8) is 0 Å². The molecule has 1 saturated carbocycles. The Morgan fingerprint density at radius 2 is 2.16 bits per heavy atom. The lowest BCUT2D eigenvalue weighted by Gasteiger charge is -2.36. The normalized spacial score (nSPS) is 23.2. The molecule has 0 aromatic heterocycles. The van der Waals surface area contributed by atoms with E-state index < -0.39 is 0 Å². The van der Waals surface area contributed by atoms with Crippen molar-refractivity contribution in [2.45, 2.75) is 45.2 Å². The van der Waals surface area contributed by atoms with Crippen molar-refractivity contribution >= 4 is 5.69 Å². The van der Waals surface area contributed by atoms with E-state index in [1.165, 1.54) is 36.9 Å². The van der Waals surface area contributed by atoms with Crippen LogP contribution in [0, 0.1) is 5.92 Å². The second-order valence-corrected chi connectivity index (χ2v) is 5.74. The number of hydrogen-bond acceptors (Lipinski definition) is 3. The Hall–Kier alpha value is -1.22. The highest BCUT2D eigenvalue weighted by atomic mass is 16.5. The Balaban J connectivity index is 2.23. The molecule has 1 aromatic rings. The van der Waals surface area contributed by atoms with E-state index in [4.69, 9.17) is 10.5 Å². The van der Waals surface area contributed by atoms with Crippen molar-refractivity contribution in [3.8, 4) is 5.75 Å². The lowest BCUT2D eigenvalue weighted by atomic mass is 9.86. The van der Waals surface area contributed by atoms with Crippen molar-refractivity contribution in [1.29, 1.82) is 0 Å². The molecule has 0 spiro atoms. The van der Waals surface area contributed by atoms with Gasteiger partial charge in [0.15, 0.2) is 0 Å². The van der Waals surface area contributed by atoms with Gasteiger partial charge in [-0.15, -0.1) is 0 Å². The molecular weight excluding hydrogens is 236 g/mol. The largest absolute Gasteiger partial charge is 0.497 e. The first-order valence-corrected chi connectivity index (χ1v) is 7.25. The highest BCUT2D eigenvalue weighted by Gasteiger charge is 2.23. The van der Waals surface area contributed by atoms with Gasteiger partial charge < -0.3 is 15.4 Å². The molecule has 0 bridgehead atoms. The van der Waals surface area contributed by atoms with Crippen LogP contribution in [-0.4, -0.2) is 20.2 Å². The third kappa shape index (κ3) is 3.21. The summed E-state index contributed by atoms with van der Waals surface area (Å²) in [5.74, 6) is 1.73. The van der Waals surface area contributed by atoms with E-state index in [0.717, 1.165) is 11.7 Å². The molecule has 3 nitrogen and oxygen atoms in total. The Morgan fingerprint density at radius 3 is 2.79 bits per heavy atom. The average Bonchev–Trinajstić information content (AvgIpc) is 2.45. The molecule has 0 amide bonds. The predicted octanol–water partition coefficient (Wildman–Crippen LogP) is 3.17. The van der Waals surface area contributed by atoms with Gasteiger partial charge in [0, 0.05) is 31.4 Å². The number of nitrogens with two attached hydrogens (primary N) is 1. The van der Waals surface area contributed by atoms with Gasteiger partial charge in [-0.2, -0.15) is 0 Å². The molecule has 0 heterocycles. The highest BCUT2D eigenvalue weighted by molar-refractivity contribution is 5.57. The molecule has 0 radical (unpaired) electrons. The van der Waals surface area contributed by atoms with Gasteiger partial charge in [-0.1, -0.05) is 25.8 Å². The smallest absolute Gasteiger partial charge is 0.120 e. The van der Waals surface area contributed by atoms with Gasteiger partial charge in [0.05, 0.1) is 7.11 Å². The van der Waals surface area contributed by atoms with Crippen molar-refractivity contribution < 1.29 is 4.74 Å². The Labute approximate surface area is 116 Å². The van der Waals surface area contributed by atoms with Crippen molar-refractivity contribution in [2.24, 2.45) is 11.7 Å².